The van der Waals surface area contributed by atoms with Crippen molar-refractivity contribution in [1.82, 2.24) is 9.47 Å². The zero-order valence-electron chi connectivity index (χ0n) is 21.9. The number of para-hydroxylation sites is 1. The quantitative estimate of drug-likeness (QED) is 0.455. The average Bonchev–Trinajstić information content (AvgIpc) is 3.22. The summed E-state index contributed by atoms with van der Waals surface area (Å²) >= 11 is 1.29. The zero-order chi connectivity index (χ0) is 26.7. The number of allylic oxidation sites excluding steroid dienone is 1. The minimum atomic E-state index is -0.673. The van der Waals surface area contributed by atoms with Gasteiger partial charge in [0, 0.05) is 18.7 Å². The summed E-state index contributed by atoms with van der Waals surface area (Å²) in [5.74, 6) is 1.63. The third kappa shape index (κ3) is 4.79. The number of benzene rings is 2. The highest BCUT2D eigenvalue weighted by Crippen LogP contribution is 2.36. The fourth-order valence-corrected chi connectivity index (χ4v) is 5.60. The van der Waals surface area contributed by atoms with Crippen LogP contribution in [0.3, 0.4) is 0 Å². The Kier molecular flexibility index (Phi) is 7.83. The van der Waals surface area contributed by atoms with E-state index in [0.717, 1.165) is 11.1 Å². The maximum absolute atomic E-state index is 13.9. The van der Waals surface area contributed by atoms with Gasteiger partial charge < -0.3 is 19.1 Å². The van der Waals surface area contributed by atoms with Gasteiger partial charge in [0.05, 0.1) is 37.1 Å². The Morgan fingerprint density at radius 2 is 1.70 bits per heavy atom. The number of rotatable bonds is 8. The number of thiazole rings is 1. The number of methoxy groups -OCH3 is 3. The minimum absolute atomic E-state index is 0.142. The lowest BCUT2D eigenvalue weighted by Crippen LogP contribution is -2.43. The van der Waals surface area contributed by atoms with Crippen molar-refractivity contribution >= 4 is 23.3 Å². The summed E-state index contributed by atoms with van der Waals surface area (Å²) in [5, 5.41) is 0. The number of amides is 1. The number of likely N-dealkylation sites (N-methyl/N-ethyl adjacent to an activating group) is 1. The molecule has 0 bridgehead atoms. The lowest BCUT2D eigenvalue weighted by Gasteiger charge is -2.29. The molecule has 9 heteroatoms. The summed E-state index contributed by atoms with van der Waals surface area (Å²) < 4.78 is 18.5. The van der Waals surface area contributed by atoms with Crippen LogP contribution in [0.15, 0.2) is 63.5 Å². The molecular formula is C28H31N3O5S. The molecule has 1 atom stereocenters. The molecule has 8 nitrogen and oxygen atoms in total. The highest BCUT2D eigenvalue weighted by atomic mass is 32.1. The standard InChI is InChI=1S/C28H31N3O5S/c1-7-30(8-2)27(33)24-17(3)29-28-31(25(24)19-11-9-10-12-20(19)34-4)26(32)23(37-28)16-18-13-14-21(35-5)22(15-18)36-6/h9-16,25H,7-8H2,1-6H3/b23-16+/t25-/m0/s1. The van der Waals surface area contributed by atoms with Crippen molar-refractivity contribution in [3.05, 3.63) is 84.5 Å². The van der Waals surface area contributed by atoms with Gasteiger partial charge in [0.25, 0.3) is 11.5 Å². The second kappa shape index (κ2) is 11.0. The van der Waals surface area contributed by atoms with Crippen molar-refractivity contribution in [1.29, 1.82) is 0 Å². The van der Waals surface area contributed by atoms with E-state index in [0.29, 0.717) is 50.9 Å². The van der Waals surface area contributed by atoms with Gasteiger partial charge in [0.15, 0.2) is 16.3 Å². The van der Waals surface area contributed by atoms with E-state index in [4.69, 9.17) is 19.2 Å². The predicted molar refractivity (Wildman–Crippen MR) is 144 cm³/mol. The highest BCUT2D eigenvalue weighted by Gasteiger charge is 2.35. The predicted octanol–water partition coefficient (Wildman–Crippen LogP) is 3.13. The number of aromatic nitrogens is 1. The molecule has 0 radical (unpaired) electrons. The van der Waals surface area contributed by atoms with Gasteiger partial charge >= 0.3 is 0 Å². The number of hydrogen-bond donors (Lipinski definition) is 0. The number of ether oxygens (including phenoxy) is 3. The molecule has 0 fully saturated rings. The van der Waals surface area contributed by atoms with Gasteiger partial charge in [-0.05, 0) is 50.6 Å². The Hall–Kier alpha value is -3.85. The van der Waals surface area contributed by atoms with E-state index in [1.54, 1.807) is 42.9 Å². The second-order valence-corrected chi connectivity index (χ2v) is 9.42. The van der Waals surface area contributed by atoms with Crippen molar-refractivity contribution in [2.24, 2.45) is 4.99 Å². The highest BCUT2D eigenvalue weighted by molar-refractivity contribution is 7.07. The summed E-state index contributed by atoms with van der Waals surface area (Å²) in [6.45, 7) is 6.80. The van der Waals surface area contributed by atoms with Crippen molar-refractivity contribution < 1.29 is 19.0 Å². The van der Waals surface area contributed by atoms with Gasteiger partial charge in [-0.25, -0.2) is 4.99 Å². The van der Waals surface area contributed by atoms with Gasteiger partial charge in [-0.2, -0.15) is 0 Å². The van der Waals surface area contributed by atoms with Crippen LogP contribution in [0.1, 0.15) is 37.9 Å². The molecule has 4 rings (SSSR count). The molecule has 1 aliphatic rings. The van der Waals surface area contributed by atoms with Crippen LogP contribution in [0.5, 0.6) is 17.2 Å². The Morgan fingerprint density at radius 3 is 2.35 bits per heavy atom. The first-order valence-electron chi connectivity index (χ1n) is 12.0. The Morgan fingerprint density at radius 1 is 1.03 bits per heavy atom. The van der Waals surface area contributed by atoms with Crippen LogP contribution in [0, 0.1) is 0 Å². The molecule has 3 aromatic rings. The van der Waals surface area contributed by atoms with Crippen molar-refractivity contribution in [2.75, 3.05) is 34.4 Å². The summed E-state index contributed by atoms with van der Waals surface area (Å²) in [4.78, 5) is 34.6. The number of carbonyl (C=O) groups excluding carboxylic acids is 1. The maximum atomic E-state index is 13.9. The van der Waals surface area contributed by atoms with Gasteiger partial charge in [-0.3, -0.25) is 14.2 Å². The lowest BCUT2D eigenvalue weighted by atomic mass is 9.94. The van der Waals surface area contributed by atoms with Gasteiger partial charge in [-0.1, -0.05) is 35.6 Å². The van der Waals surface area contributed by atoms with Gasteiger partial charge in [-0.15, -0.1) is 0 Å². The monoisotopic (exact) mass is 521 g/mol. The van der Waals surface area contributed by atoms with Crippen molar-refractivity contribution in [3.8, 4) is 17.2 Å². The normalized spacial score (nSPS) is 15.2. The lowest BCUT2D eigenvalue weighted by molar-refractivity contribution is -0.127. The second-order valence-electron chi connectivity index (χ2n) is 8.42. The number of nitrogens with zero attached hydrogens (tertiary/aromatic N) is 3. The fourth-order valence-electron chi connectivity index (χ4n) is 4.56. The first-order valence-corrected chi connectivity index (χ1v) is 12.9. The molecule has 0 saturated heterocycles. The van der Waals surface area contributed by atoms with Crippen LogP contribution in [0.2, 0.25) is 0 Å². The third-order valence-electron chi connectivity index (χ3n) is 6.44. The fraction of sp³-hybridized carbons (Fsp3) is 0.321. The van der Waals surface area contributed by atoms with E-state index in [-0.39, 0.29) is 11.5 Å². The maximum Gasteiger partial charge on any atom is 0.271 e. The molecule has 0 N–H and O–H groups in total. The van der Waals surface area contributed by atoms with Gasteiger partial charge in [0.2, 0.25) is 0 Å². The summed E-state index contributed by atoms with van der Waals surface area (Å²) in [5.41, 5.74) is 2.34. The van der Waals surface area contributed by atoms with Crippen LogP contribution in [-0.2, 0) is 4.79 Å². The molecular weight excluding hydrogens is 490 g/mol. The summed E-state index contributed by atoms with van der Waals surface area (Å²) in [6.07, 6.45) is 1.80. The average molecular weight is 522 g/mol. The topological polar surface area (TPSA) is 82.4 Å². The Labute approximate surface area is 219 Å². The largest absolute Gasteiger partial charge is 0.496 e. The van der Waals surface area contributed by atoms with E-state index in [9.17, 15) is 9.59 Å². The molecule has 0 aliphatic carbocycles. The number of hydrogen-bond acceptors (Lipinski definition) is 7. The summed E-state index contributed by atoms with van der Waals surface area (Å²) in [6, 6.07) is 12.3. The molecule has 2 heterocycles. The van der Waals surface area contributed by atoms with Crippen LogP contribution < -0.4 is 29.1 Å². The molecule has 37 heavy (non-hydrogen) atoms. The molecule has 0 unspecified atom stereocenters. The van der Waals surface area contributed by atoms with E-state index in [2.05, 4.69) is 0 Å². The molecule has 1 aromatic heterocycles. The Balaban J connectivity index is 1.97. The first kappa shape index (κ1) is 26.2. The van der Waals surface area contributed by atoms with Crippen LogP contribution >= 0.6 is 11.3 Å². The Bertz CT molecular complexity index is 1530. The van der Waals surface area contributed by atoms with E-state index < -0.39 is 6.04 Å². The molecule has 0 spiro atoms. The van der Waals surface area contributed by atoms with Crippen molar-refractivity contribution in [3.63, 3.8) is 0 Å². The van der Waals surface area contributed by atoms with Crippen LogP contribution in [-0.4, -0.2) is 49.8 Å². The van der Waals surface area contributed by atoms with Crippen LogP contribution in [0.4, 0.5) is 0 Å². The molecule has 194 valence electrons. The zero-order valence-corrected chi connectivity index (χ0v) is 22.7. The molecule has 2 aromatic carbocycles. The van der Waals surface area contributed by atoms with E-state index >= 15 is 0 Å². The third-order valence-corrected chi connectivity index (χ3v) is 7.42. The van der Waals surface area contributed by atoms with Gasteiger partial charge in [0.1, 0.15) is 11.8 Å². The molecule has 1 amide bonds. The molecule has 1 aliphatic heterocycles. The number of fused-ring (bicyclic) bond motifs is 1. The van der Waals surface area contributed by atoms with E-state index in [1.165, 1.54) is 11.3 Å². The first-order chi connectivity index (χ1) is 17.9. The van der Waals surface area contributed by atoms with Crippen LogP contribution in [0.25, 0.3) is 6.08 Å². The SMILES string of the molecule is CCN(CC)C(=O)C1=C(C)N=c2s/c(=C/c3ccc(OC)c(OC)c3)c(=O)n2[C@H]1c1ccccc1OC. The van der Waals surface area contributed by atoms with Crippen molar-refractivity contribution in [2.45, 2.75) is 26.8 Å². The number of carbonyl (C=O) groups is 1. The summed E-state index contributed by atoms with van der Waals surface area (Å²) in [7, 11) is 4.73. The molecule has 0 saturated carbocycles. The smallest absolute Gasteiger partial charge is 0.271 e. The van der Waals surface area contributed by atoms with E-state index in [1.807, 2.05) is 57.2 Å². The minimum Gasteiger partial charge on any atom is -0.496 e.